The number of allylic oxidation sites excluding steroid dienone is 2. The minimum absolute atomic E-state index is 0.0879. The maximum Gasteiger partial charge on any atom is 0.303 e. The summed E-state index contributed by atoms with van der Waals surface area (Å²) in [6.45, 7) is 0. The topological polar surface area (TPSA) is 127 Å². The number of carboxylic acid groups (broad SMARTS) is 1. The van der Waals surface area contributed by atoms with Crippen molar-refractivity contribution >= 4 is 27.8 Å². The second-order valence-electron chi connectivity index (χ2n) is 8.38. The SMILES string of the molecule is O=C(O)CCC/C=C/C1CC2CCC1C(NS(=O)(=O)/C=C/c1cccc([N+](=O)[O-])c1)C2. The van der Waals surface area contributed by atoms with Crippen LogP contribution in [-0.2, 0) is 14.8 Å². The maximum absolute atomic E-state index is 12.6. The second kappa shape index (κ2) is 10.2. The molecule has 3 aliphatic rings. The number of sulfonamides is 1. The zero-order chi connectivity index (χ0) is 22.4. The number of fused-ring (bicyclic) bond motifs is 3. The number of nitrogens with one attached hydrogen (secondary N) is 1. The van der Waals surface area contributed by atoms with Crippen LogP contribution in [0.5, 0.6) is 0 Å². The standard InChI is InChI=1S/C22H28N2O6S/c25-22(26)8-3-1-2-6-18-13-17-9-10-20(18)21(15-17)23-31(29,30)12-11-16-5-4-7-19(14-16)24(27)28/h2,4-7,11-12,14,17-18,20-21,23H,1,3,8-10,13,15H2,(H,25,26)/b6-2+,12-11+. The number of aliphatic carboxylic acids is 1. The van der Waals surface area contributed by atoms with Crippen molar-refractivity contribution in [1.29, 1.82) is 0 Å². The van der Waals surface area contributed by atoms with Gasteiger partial charge in [0.2, 0.25) is 10.0 Å². The van der Waals surface area contributed by atoms with E-state index < -0.39 is 20.9 Å². The molecule has 3 saturated carbocycles. The largest absolute Gasteiger partial charge is 0.481 e. The number of nitro groups is 1. The molecular weight excluding hydrogens is 420 g/mol. The first kappa shape index (κ1) is 23.1. The number of benzene rings is 1. The summed E-state index contributed by atoms with van der Waals surface area (Å²) in [5.41, 5.74) is 0.363. The Kier molecular flexibility index (Phi) is 7.61. The van der Waals surface area contributed by atoms with Crippen LogP contribution in [0.15, 0.2) is 41.8 Å². The molecule has 2 bridgehead atoms. The zero-order valence-corrected chi connectivity index (χ0v) is 18.0. The average Bonchev–Trinajstić information content (AvgIpc) is 2.72. The number of hydrogen-bond donors (Lipinski definition) is 2. The highest BCUT2D eigenvalue weighted by Crippen LogP contribution is 2.46. The van der Waals surface area contributed by atoms with E-state index in [4.69, 9.17) is 5.11 Å². The molecule has 4 unspecified atom stereocenters. The summed E-state index contributed by atoms with van der Waals surface area (Å²) in [5, 5.41) is 20.7. The van der Waals surface area contributed by atoms with Gasteiger partial charge in [-0.1, -0.05) is 30.7 Å². The molecule has 0 radical (unpaired) electrons. The van der Waals surface area contributed by atoms with Crippen molar-refractivity contribution in [2.75, 3.05) is 0 Å². The summed E-state index contributed by atoms with van der Waals surface area (Å²) in [6, 6.07) is 5.69. The Morgan fingerprint density at radius 3 is 2.81 bits per heavy atom. The molecule has 8 nitrogen and oxygen atoms in total. The maximum atomic E-state index is 12.6. The molecule has 0 amide bonds. The molecule has 0 saturated heterocycles. The summed E-state index contributed by atoms with van der Waals surface area (Å²) in [4.78, 5) is 21.0. The van der Waals surface area contributed by atoms with Crippen LogP contribution in [0.2, 0.25) is 0 Å². The van der Waals surface area contributed by atoms with Crippen molar-refractivity contribution in [2.24, 2.45) is 17.8 Å². The van der Waals surface area contributed by atoms with E-state index in [-0.39, 0.29) is 24.1 Å². The van der Waals surface area contributed by atoms with E-state index in [0.717, 1.165) is 31.1 Å². The molecule has 4 atom stereocenters. The predicted octanol–water partition coefficient (Wildman–Crippen LogP) is 4.10. The van der Waals surface area contributed by atoms with E-state index >= 15 is 0 Å². The fraction of sp³-hybridized carbons (Fsp3) is 0.500. The summed E-state index contributed by atoms with van der Waals surface area (Å²) in [5.74, 6) is 0.206. The molecule has 0 heterocycles. The van der Waals surface area contributed by atoms with Crippen molar-refractivity contribution in [3.05, 3.63) is 57.5 Å². The van der Waals surface area contributed by atoms with Crippen LogP contribution >= 0.6 is 0 Å². The predicted molar refractivity (Wildman–Crippen MR) is 118 cm³/mol. The minimum Gasteiger partial charge on any atom is -0.481 e. The quantitative estimate of drug-likeness (QED) is 0.240. The summed E-state index contributed by atoms with van der Waals surface area (Å²) < 4.78 is 28.1. The molecule has 0 spiro atoms. The van der Waals surface area contributed by atoms with Crippen LogP contribution in [0.4, 0.5) is 5.69 Å². The molecule has 9 heteroatoms. The normalized spacial score (nSPS) is 25.9. The van der Waals surface area contributed by atoms with Crippen LogP contribution in [0.1, 0.15) is 50.5 Å². The summed E-state index contributed by atoms with van der Waals surface area (Å²) >= 11 is 0. The van der Waals surface area contributed by atoms with Gasteiger partial charge in [-0.3, -0.25) is 14.9 Å². The highest BCUT2D eigenvalue weighted by atomic mass is 32.2. The monoisotopic (exact) mass is 448 g/mol. The molecule has 168 valence electrons. The molecule has 4 rings (SSSR count). The van der Waals surface area contributed by atoms with E-state index in [2.05, 4.69) is 10.8 Å². The van der Waals surface area contributed by atoms with Crippen LogP contribution in [-0.4, -0.2) is 30.5 Å². The van der Waals surface area contributed by atoms with E-state index in [9.17, 15) is 23.3 Å². The Hall–Kier alpha value is -2.52. The van der Waals surface area contributed by atoms with Gasteiger partial charge < -0.3 is 5.11 Å². The number of non-ortho nitro benzene ring substituents is 1. The van der Waals surface area contributed by atoms with Gasteiger partial charge in [0.15, 0.2) is 0 Å². The van der Waals surface area contributed by atoms with Crippen molar-refractivity contribution in [3.8, 4) is 0 Å². The number of unbranched alkanes of at least 4 members (excludes halogenated alkanes) is 1. The fourth-order valence-corrected chi connectivity index (χ4v) is 5.83. The highest BCUT2D eigenvalue weighted by molar-refractivity contribution is 7.92. The molecule has 0 aliphatic heterocycles. The second-order valence-corrected chi connectivity index (χ2v) is 9.98. The van der Waals surface area contributed by atoms with Gasteiger partial charge >= 0.3 is 5.97 Å². The smallest absolute Gasteiger partial charge is 0.303 e. The van der Waals surface area contributed by atoms with Gasteiger partial charge in [0, 0.05) is 30.0 Å². The van der Waals surface area contributed by atoms with Crippen molar-refractivity contribution in [1.82, 2.24) is 4.72 Å². The Morgan fingerprint density at radius 1 is 1.29 bits per heavy atom. The van der Waals surface area contributed by atoms with Gasteiger partial charge in [-0.2, -0.15) is 0 Å². The Bertz CT molecular complexity index is 972. The van der Waals surface area contributed by atoms with Gasteiger partial charge in [-0.15, -0.1) is 0 Å². The molecule has 1 aromatic carbocycles. The van der Waals surface area contributed by atoms with Crippen LogP contribution < -0.4 is 4.72 Å². The number of nitrogens with zero attached hydrogens (tertiary/aromatic N) is 1. The lowest BCUT2D eigenvalue weighted by Crippen LogP contribution is -2.49. The molecule has 3 fully saturated rings. The van der Waals surface area contributed by atoms with E-state index in [1.165, 1.54) is 24.3 Å². The number of hydrogen-bond acceptors (Lipinski definition) is 5. The number of rotatable bonds is 10. The fourth-order valence-electron chi connectivity index (χ4n) is 4.73. The third kappa shape index (κ3) is 6.73. The van der Waals surface area contributed by atoms with E-state index in [1.54, 1.807) is 6.07 Å². The van der Waals surface area contributed by atoms with Crippen LogP contribution in [0.3, 0.4) is 0 Å². The Balaban J connectivity index is 1.61. The molecular formula is C22H28N2O6S. The molecule has 31 heavy (non-hydrogen) atoms. The number of carbonyl (C=O) groups is 1. The van der Waals surface area contributed by atoms with Crippen LogP contribution in [0, 0.1) is 27.9 Å². The lowest BCUT2D eigenvalue weighted by atomic mass is 9.62. The first-order valence-corrected chi connectivity index (χ1v) is 12.1. The minimum atomic E-state index is -3.69. The lowest BCUT2D eigenvalue weighted by Gasteiger charge is -2.46. The van der Waals surface area contributed by atoms with Crippen molar-refractivity contribution in [2.45, 2.75) is 51.0 Å². The lowest BCUT2D eigenvalue weighted by molar-refractivity contribution is -0.384. The summed E-state index contributed by atoms with van der Waals surface area (Å²) in [7, 11) is -3.69. The Labute approximate surface area is 182 Å². The van der Waals surface area contributed by atoms with Gasteiger partial charge in [0.05, 0.1) is 4.92 Å². The summed E-state index contributed by atoms with van der Waals surface area (Å²) in [6.07, 6.45) is 10.9. The van der Waals surface area contributed by atoms with Gasteiger partial charge in [-0.25, -0.2) is 13.1 Å². The molecule has 2 N–H and O–H groups in total. The number of carboxylic acids is 1. The van der Waals surface area contributed by atoms with Crippen LogP contribution in [0.25, 0.3) is 6.08 Å². The first-order valence-electron chi connectivity index (χ1n) is 10.6. The molecule has 0 aromatic heterocycles. The van der Waals surface area contributed by atoms with Crippen molar-refractivity contribution < 1.29 is 23.2 Å². The molecule has 3 aliphatic carbocycles. The van der Waals surface area contributed by atoms with E-state index in [0.29, 0.717) is 30.2 Å². The van der Waals surface area contributed by atoms with Gasteiger partial charge in [-0.05, 0) is 61.5 Å². The average molecular weight is 449 g/mol. The van der Waals surface area contributed by atoms with E-state index in [1.807, 2.05) is 6.08 Å². The third-order valence-electron chi connectivity index (χ3n) is 6.15. The zero-order valence-electron chi connectivity index (χ0n) is 17.2. The third-order valence-corrected chi connectivity index (χ3v) is 7.27. The Morgan fingerprint density at radius 2 is 2.10 bits per heavy atom. The van der Waals surface area contributed by atoms with Crippen molar-refractivity contribution in [3.63, 3.8) is 0 Å². The van der Waals surface area contributed by atoms with Gasteiger partial charge in [0.25, 0.3) is 5.69 Å². The first-order chi connectivity index (χ1) is 14.7. The number of nitro benzene ring substituents is 1. The highest BCUT2D eigenvalue weighted by Gasteiger charge is 2.42. The van der Waals surface area contributed by atoms with Gasteiger partial charge in [0.1, 0.15) is 0 Å². The molecule has 1 aromatic rings.